The summed E-state index contributed by atoms with van der Waals surface area (Å²) in [6, 6.07) is 12.3. The van der Waals surface area contributed by atoms with Gasteiger partial charge >= 0.3 is 5.56 Å². The third-order valence-corrected chi connectivity index (χ3v) is 5.70. The summed E-state index contributed by atoms with van der Waals surface area (Å²) in [5.41, 5.74) is 1.09. The predicted molar refractivity (Wildman–Crippen MR) is 117 cm³/mol. The summed E-state index contributed by atoms with van der Waals surface area (Å²) in [6.07, 6.45) is 3.32. The van der Waals surface area contributed by atoms with Crippen LogP contribution < -0.4 is 25.1 Å². The maximum atomic E-state index is 12.9. The van der Waals surface area contributed by atoms with Crippen LogP contribution in [0.4, 0.5) is 5.69 Å². The molecule has 2 aromatic heterocycles. The number of nitrogens with one attached hydrogen (secondary N) is 1. The van der Waals surface area contributed by atoms with Crippen LogP contribution in [0.25, 0.3) is 11.3 Å². The number of methoxy groups -OCH3 is 1. The molecule has 32 heavy (non-hydrogen) atoms. The van der Waals surface area contributed by atoms with E-state index in [-0.39, 0.29) is 29.7 Å². The molecule has 4 aromatic rings. The van der Waals surface area contributed by atoms with Crippen molar-refractivity contribution in [2.75, 3.05) is 25.0 Å². The van der Waals surface area contributed by atoms with Gasteiger partial charge in [0.1, 0.15) is 5.75 Å². The molecule has 1 N–H and O–H groups in total. The molecule has 0 radical (unpaired) electrons. The number of fused-ring (bicyclic) bond motifs is 2. The first kappa shape index (κ1) is 19.9. The molecule has 0 aliphatic carbocycles. The summed E-state index contributed by atoms with van der Waals surface area (Å²) in [5.74, 6) is 1.74. The molecule has 1 aliphatic rings. The molecule has 1 amide bonds. The number of ether oxygens (including phenoxy) is 3. The van der Waals surface area contributed by atoms with E-state index in [1.54, 1.807) is 66.4 Å². The Balaban J connectivity index is 1.31. The zero-order valence-electron chi connectivity index (χ0n) is 16.8. The van der Waals surface area contributed by atoms with Crippen molar-refractivity contribution in [1.29, 1.82) is 0 Å². The molecule has 0 fully saturated rings. The minimum absolute atomic E-state index is 0.0915. The van der Waals surface area contributed by atoms with Crippen molar-refractivity contribution in [1.82, 2.24) is 19.2 Å². The van der Waals surface area contributed by atoms with E-state index in [0.29, 0.717) is 33.8 Å². The monoisotopic (exact) mass is 451 g/mol. The van der Waals surface area contributed by atoms with E-state index in [4.69, 9.17) is 14.2 Å². The first-order chi connectivity index (χ1) is 15.6. The molecule has 0 atom stereocenters. The Bertz CT molecular complexity index is 1380. The SMILES string of the molecule is COc1cccc(-n2ccn3c(SCC(=O)Nc4ccc5c(c4)OCO5)nnc3c2=O)c1. The van der Waals surface area contributed by atoms with Crippen LogP contribution in [0.3, 0.4) is 0 Å². The second-order valence-corrected chi connectivity index (χ2v) is 7.70. The van der Waals surface area contributed by atoms with Crippen LogP contribution in [0.1, 0.15) is 0 Å². The van der Waals surface area contributed by atoms with Crippen molar-refractivity contribution in [3.63, 3.8) is 0 Å². The van der Waals surface area contributed by atoms with E-state index in [0.717, 1.165) is 0 Å². The van der Waals surface area contributed by atoms with Crippen molar-refractivity contribution < 1.29 is 19.0 Å². The molecule has 3 heterocycles. The molecule has 11 heteroatoms. The Hall–Kier alpha value is -3.99. The second-order valence-electron chi connectivity index (χ2n) is 6.76. The topological polar surface area (TPSA) is 109 Å². The van der Waals surface area contributed by atoms with Crippen LogP contribution in [0.2, 0.25) is 0 Å². The van der Waals surface area contributed by atoms with Gasteiger partial charge in [0.15, 0.2) is 16.7 Å². The van der Waals surface area contributed by atoms with Gasteiger partial charge in [-0.2, -0.15) is 0 Å². The Kier molecular flexibility index (Phi) is 5.15. The van der Waals surface area contributed by atoms with Gasteiger partial charge in [-0.3, -0.25) is 18.6 Å². The summed E-state index contributed by atoms with van der Waals surface area (Å²) in [7, 11) is 1.57. The van der Waals surface area contributed by atoms with E-state index < -0.39 is 0 Å². The second kappa shape index (κ2) is 8.27. The van der Waals surface area contributed by atoms with Crippen molar-refractivity contribution in [2.24, 2.45) is 0 Å². The minimum atomic E-state index is -0.329. The highest BCUT2D eigenvalue weighted by molar-refractivity contribution is 7.99. The largest absolute Gasteiger partial charge is 0.497 e. The zero-order valence-corrected chi connectivity index (χ0v) is 17.7. The number of hydrogen-bond donors (Lipinski definition) is 1. The van der Waals surface area contributed by atoms with Gasteiger partial charge in [-0.15, -0.1) is 10.2 Å². The predicted octanol–water partition coefficient (Wildman–Crippen LogP) is 2.35. The molecular weight excluding hydrogens is 434 g/mol. The zero-order chi connectivity index (χ0) is 22.1. The van der Waals surface area contributed by atoms with Crippen LogP contribution in [0.15, 0.2) is 64.8 Å². The van der Waals surface area contributed by atoms with Crippen molar-refractivity contribution >= 4 is 29.0 Å². The number of anilines is 1. The van der Waals surface area contributed by atoms with Gasteiger partial charge in [-0.05, 0) is 24.3 Å². The molecule has 1 aliphatic heterocycles. The summed E-state index contributed by atoms with van der Waals surface area (Å²) >= 11 is 1.18. The number of benzene rings is 2. The maximum Gasteiger partial charge on any atom is 0.300 e. The Morgan fingerprint density at radius 3 is 2.91 bits per heavy atom. The van der Waals surface area contributed by atoms with E-state index in [2.05, 4.69) is 15.5 Å². The minimum Gasteiger partial charge on any atom is -0.497 e. The number of aromatic nitrogens is 4. The highest BCUT2D eigenvalue weighted by Crippen LogP contribution is 2.34. The standard InChI is InChI=1S/C21H17N5O5S/c1-29-15-4-2-3-14(10-15)25-7-8-26-19(20(25)28)23-24-21(26)32-11-18(27)22-13-5-6-16-17(9-13)31-12-30-16/h2-10H,11-12H2,1H3,(H,22,27). The number of rotatable bonds is 6. The van der Waals surface area contributed by atoms with Gasteiger partial charge < -0.3 is 19.5 Å². The van der Waals surface area contributed by atoms with Gasteiger partial charge in [0.25, 0.3) is 0 Å². The quantitative estimate of drug-likeness (QED) is 0.445. The average molecular weight is 451 g/mol. The smallest absolute Gasteiger partial charge is 0.300 e. The number of carbonyl (C=O) groups excluding carboxylic acids is 1. The lowest BCUT2D eigenvalue weighted by atomic mass is 10.3. The van der Waals surface area contributed by atoms with E-state index in [1.807, 2.05) is 0 Å². The van der Waals surface area contributed by atoms with Crippen LogP contribution in [-0.2, 0) is 4.79 Å². The summed E-state index contributed by atoms with van der Waals surface area (Å²) in [4.78, 5) is 25.3. The number of amides is 1. The van der Waals surface area contributed by atoms with Crippen molar-refractivity contribution in [3.8, 4) is 22.9 Å². The molecule has 0 saturated carbocycles. The van der Waals surface area contributed by atoms with Gasteiger partial charge in [0, 0.05) is 30.2 Å². The molecule has 10 nitrogen and oxygen atoms in total. The fourth-order valence-corrected chi connectivity index (χ4v) is 3.95. The fraction of sp³-hybridized carbons (Fsp3) is 0.143. The van der Waals surface area contributed by atoms with Gasteiger partial charge in [-0.1, -0.05) is 17.8 Å². The van der Waals surface area contributed by atoms with Gasteiger partial charge in [0.05, 0.1) is 18.6 Å². The number of nitrogens with zero attached hydrogens (tertiary/aromatic N) is 4. The van der Waals surface area contributed by atoms with Crippen LogP contribution in [-0.4, -0.2) is 44.7 Å². The third-order valence-electron chi connectivity index (χ3n) is 4.76. The Labute approximate surface area is 185 Å². The highest BCUT2D eigenvalue weighted by Gasteiger charge is 2.16. The van der Waals surface area contributed by atoms with Crippen LogP contribution in [0, 0.1) is 0 Å². The Morgan fingerprint density at radius 1 is 1.16 bits per heavy atom. The fourth-order valence-electron chi connectivity index (χ4n) is 3.23. The normalized spacial score (nSPS) is 12.2. The van der Waals surface area contributed by atoms with Gasteiger partial charge in [0.2, 0.25) is 18.3 Å². The maximum absolute atomic E-state index is 12.9. The highest BCUT2D eigenvalue weighted by atomic mass is 32.2. The molecular formula is C21H17N5O5S. The summed E-state index contributed by atoms with van der Waals surface area (Å²) in [6.45, 7) is 0.169. The lowest BCUT2D eigenvalue weighted by Crippen LogP contribution is -2.20. The average Bonchev–Trinajstić information content (AvgIpc) is 3.45. The first-order valence-electron chi connectivity index (χ1n) is 9.55. The van der Waals surface area contributed by atoms with Crippen molar-refractivity contribution in [3.05, 3.63) is 65.2 Å². The molecule has 0 saturated heterocycles. The number of hydrogen-bond acceptors (Lipinski definition) is 8. The van der Waals surface area contributed by atoms with E-state index >= 15 is 0 Å². The van der Waals surface area contributed by atoms with Gasteiger partial charge in [-0.25, -0.2) is 0 Å². The Morgan fingerprint density at radius 2 is 2.03 bits per heavy atom. The molecule has 162 valence electrons. The van der Waals surface area contributed by atoms with E-state index in [9.17, 15) is 9.59 Å². The number of carbonyl (C=O) groups is 1. The first-order valence-corrected chi connectivity index (χ1v) is 10.5. The van der Waals surface area contributed by atoms with Crippen molar-refractivity contribution in [2.45, 2.75) is 5.16 Å². The molecule has 0 bridgehead atoms. The third kappa shape index (κ3) is 3.73. The molecule has 0 spiro atoms. The summed E-state index contributed by atoms with van der Waals surface area (Å²) < 4.78 is 18.8. The molecule has 0 unspecified atom stereocenters. The number of thioether (sulfide) groups is 1. The lowest BCUT2D eigenvalue weighted by molar-refractivity contribution is -0.113. The van der Waals surface area contributed by atoms with Crippen LogP contribution in [0.5, 0.6) is 17.2 Å². The molecule has 2 aromatic carbocycles. The van der Waals surface area contributed by atoms with Crippen LogP contribution >= 0.6 is 11.8 Å². The van der Waals surface area contributed by atoms with E-state index in [1.165, 1.54) is 16.3 Å². The summed E-state index contributed by atoms with van der Waals surface area (Å²) in [5, 5.41) is 11.3. The molecule has 5 rings (SSSR count). The lowest BCUT2D eigenvalue weighted by Gasteiger charge is -2.08.